The maximum absolute atomic E-state index is 11.5. The zero-order valence-electron chi connectivity index (χ0n) is 12.7. The van der Waals surface area contributed by atoms with Gasteiger partial charge in [0.1, 0.15) is 12.4 Å². The van der Waals surface area contributed by atoms with Crippen LogP contribution in [0, 0.1) is 10.1 Å². The van der Waals surface area contributed by atoms with Gasteiger partial charge in [0.15, 0.2) is 0 Å². The Balaban J connectivity index is 2.12. The number of carbonyl (C=O) groups excluding carboxylic acids is 1. The fraction of sp³-hybridized carbons (Fsp3) is 0.235. The van der Waals surface area contributed by atoms with E-state index in [9.17, 15) is 14.9 Å². The lowest BCUT2D eigenvalue weighted by Gasteiger charge is -2.08. The number of esters is 1. The molecule has 0 fully saturated rings. The van der Waals surface area contributed by atoms with Gasteiger partial charge in [-0.3, -0.25) is 14.9 Å². The van der Waals surface area contributed by atoms with Crippen LogP contribution in [-0.4, -0.2) is 17.5 Å². The van der Waals surface area contributed by atoms with Gasteiger partial charge in [0.05, 0.1) is 24.0 Å². The summed E-state index contributed by atoms with van der Waals surface area (Å²) < 4.78 is 10.4. The predicted molar refractivity (Wildman–Crippen MR) is 84.2 cm³/mol. The summed E-state index contributed by atoms with van der Waals surface area (Å²) in [7, 11) is 0. The van der Waals surface area contributed by atoms with Crippen molar-refractivity contribution in [1.82, 2.24) is 0 Å². The molecule has 120 valence electrons. The van der Waals surface area contributed by atoms with Gasteiger partial charge >= 0.3 is 5.97 Å². The Bertz CT molecular complexity index is 685. The van der Waals surface area contributed by atoms with E-state index in [0.717, 1.165) is 5.56 Å². The van der Waals surface area contributed by atoms with Gasteiger partial charge in [0.2, 0.25) is 0 Å². The maximum Gasteiger partial charge on any atom is 0.310 e. The Kier molecular flexibility index (Phi) is 5.68. The number of carbonyl (C=O) groups is 1. The van der Waals surface area contributed by atoms with E-state index in [2.05, 4.69) is 0 Å². The molecule has 0 amide bonds. The Labute approximate surface area is 133 Å². The van der Waals surface area contributed by atoms with Crippen LogP contribution < -0.4 is 4.74 Å². The smallest absolute Gasteiger partial charge is 0.310 e. The van der Waals surface area contributed by atoms with Gasteiger partial charge in [-0.2, -0.15) is 0 Å². The normalized spacial score (nSPS) is 10.1. The van der Waals surface area contributed by atoms with Crippen molar-refractivity contribution in [2.24, 2.45) is 0 Å². The average Bonchev–Trinajstić information content (AvgIpc) is 2.55. The van der Waals surface area contributed by atoms with Gasteiger partial charge in [-0.05, 0) is 24.6 Å². The fourth-order valence-electron chi connectivity index (χ4n) is 2.06. The molecule has 6 heteroatoms. The van der Waals surface area contributed by atoms with Crippen LogP contribution in [-0.2, 0) is 22.6 Å². The molecular formula is C17H17NO5. The summed E-state index contributed by atoms with van der Waals surface area (Å²) in [6.45, 7) is 2.24. The monoisotopic (exact) mass is 315 g/mol. The molecule has 2 rings (SSSR count). The van der Waals surface area contributed by atoms with Crippen LogP contribution in [0.15, 0.2) is 48.5 Å². The number of benzene rings is 2. The lowest BCUT2D eigenvalue weighted by Crippen LogP contribution is -2.09. The molecule has 0 unspecified atom stereocenters. The molecule has 2 aromatic rings. The average molecular weight is 315 g/mol. The highest BCUT2D eigenvalue weighted by Crippen LogP contribution is 2.26. The van der Waals surface area contributed by atoms with Crippen LogP contribution in [0.25, 0.3) is 0 Å². The molecule has 0 aliphatic rings. The van der Waals surface area contributed by atoms with Crippen molar-refractivity contribution in [1.29, 1.82) is 0 Å². The van der Waals surface area contributed by atoms with Crippen molar-refractivity contribution in [2.45, 2.75) is 20.0 Å². The number of nitrogens with zero attached hydrogens (tertiary/aromatic N) is 1. The minimum atomic E-state index is -0.524. The molecule has 0 N–H and O–H groups in total. The van der Waals surface area contributed by atoms with Gasteiger partial charge in [0, 0.05) is 5.56 Å². The van der Waals surface area contributed by atoms with E-state index in [1.54, 1.807) is 13.0 Å². The number of hydrogen-bond acceptors (Lipinski definition) is 5. The van der Waals surface area contributed by atoms with Gasteiger partial charge < -0.3 is 9.47 Å². The first-order valence-corrected chi connectivity index (χ1v) is 7.19. The fourth-order valence-corrected chi connectivity index (χ4v) is 2.06. The highest BCUT2D eigenvalue weighted by Gasteiger charge is 2.18. The SMILES string of the molecule is CCOC(=O)Cc1ccc(OCc2ccccc2)cc1[N+](=O)[O-]. The molecule has 0 aromatic heterocycles. The van der Waals surface area contributed by atoms with Crippen LogP contribution in [0.5, 0.6) is 5.75 Å². The zero-order valence-corrected chi connectivity index (χ0v) is 12.7. The first kappa shape index (κ1) is 16.5. The Morgan fingerprint density at radius 3 is 2.57 bits per heavy atom. The summed E-state index contributed by atoms with van der Waals surface area (Å²) in [5, 5.41) is 11.2. The molecular weight excluding hydrogens is 298 g/mol. The lowest BCUT2D eigenvalue weighted by molar-refractivity contribution is -0.385. The Morgan fingerprint density at radius 2 is 1.91 bits per heavy atom. The Morgan fingerprint density at radius 1 is 1.17 bits per heavy atom. The molecule has 0 aliphatic carbocycles. The van der Waals surface area contributed by atoms with E-state index in [1.165, 1.54) is 12.1 Å². The van der Waals surface area contributed by atoms with E-state index >= 15 is 0 Å². The minimum absolute atomic E-state index is 0.136. The second-order valence-corrected chi connectivity index (χ2v) is 4.80. The summed E-state index contributed by atoms with van der Waals surface area (Å²) in [6.07, 6.45) is -0.136. The van der Waals surface area contributed by atoms with E-state index in [4.69, 9.17) is 9.47 Å². The lowest BCUT2D eigenvalue weighted by atomic mass is 10.1. The predicted octanol–water partition coefficient (Wildman–Crippen LogP) is 3.28. The quantitative estimate of drug-likeness (QED) is 0.445. The van der Waals surface area contributed by atoms with Crippen molar-refractivity contribution in [2.75, 3.05) is 6.61 Å². The first-order chi connectivity index (χ1) is 11.1. The molecule has 0 atom stereocenters. The first-order valence-electron chi connectivity index (χ1n) is 7.19. The standard InChI is InChI=1S/C17H17NO5/c1-2-22-17(19)10-14-8-9-15(11-16(14)18(20)21)23-12-13-6-4-3-5-7-13/h3-9,11H,2,10,12H2,1H3. The van der Waals surface area contributed by atoms with Crippen LogP contribution in [0.4, 0.5) is 5.69 Å². The van der Waals surface area contributed by atoms with Crippen molar-refractivity contribution in [3.8, 4) is 5.75 Å². The summed E-state index contributed by atoms with van der Waals surface area (Å²) >= 11 is 0. The number of nitro benzene ring substituents is 1. The summed E-state index contributed by atoms with van der Waals surface area (Å²) in [5.74, 6) is -0.110. The molecule has 6 nitrogen and oxygen atoms in total. The van der Waals surface area contributed by atoms with Gasteiger partial charge in [-0.25, -0.2) is 0 Å². The minimum Gasteiger partial charge on any atom is -0.489 e. The molecule has 23 heavy (non-hydrogen) atoms. The maximum atomic E-state index is 11.5. The second-order valence-electron chi connectivity index (χ2n) is 4.80. The van der Waals surface area contributed by atoms with Crippen LogP contribution in [0.1, 0.15) is 18.1 Å². The third kappa shape index (κ3) is 4.81. The number of ether oxygens (including phenoxy) is 2. The molecule has 0 saturated heterocycles. The van der Waals surface area contributed by atoms with Crippen molar-refractivity contribution in [3.63, 3.8) is 0 Å². The van der Waals surface area contributed by atoms with Gasteiger partial charge in [0.25, 0.3) is 5.69 Å². The molecule has 2 aromatic carbocycles. The van der Waals surface area contributed by atoms with E-state index in [0.29, 0.717) is 17.9 Å². The van der Waals surface area contributed by atoms with Crippen LogP contribution in [0.3, 0.4) is 0 Å². The van der Waals surface area contributed by atoms with Crippen molar-refractivity contribution < 1.29 is 19.2 Å². The second kappa shape index (κ2) is 7.93. The third-order valence-corrected chi connectivity index (χ3v) is 3.14. The van der Waals surface area contributed by atoms with Crippen molar-refractivity contribution >= 4 is 11.7 Å². The van der Waals surface area contributed by atoms with Gasteiger partial charge in [-0.1, -0.05) is 30.3 Å². The number of rotatable bonds is 7. The highest BCUT2D eigenvalue weighted by molar-refractivity contribution is 5.74. The summed E-state index contributed by atoms with van der Waals surface area (Å²) in [6, 6.07) is 14.0. The molecule has 0 spiro atoms. The zero-order chi connectivity index (χ0) is 16.7. The topological polar surface area (TPSA) is 78.7 Å². The molecule has 0 radical (unpaired) electrons. The third-order valence-electron chi connectivity index (χ3n) is 3.14. The number of hydrogen-bond donors (Lipinski definition) is 0. The summed E-state index contributed by atoms with van der Waals surface area (Å²) in [4.78, 5) is 22.2. The van der Waals surface area contributed by atoms with Gasteiger partial charge in [-0.15, -0.1) is 0 Å². The molecule has 0 bridgehead atoms. The summed E-state index contributed by atoms with van der Waals surface area (Å²) in [5.41, 5.74) is 1.12. The van der Waals surface area contributed by atoms with Crippen LogP contribution in [0.2, 0.25) is 0 Å². The van der Waals surface area contributed by atoms with E-state index in [-0.39, 0.29) is 18.7 Å². The van der Waals surface area contributed by atoms with Crippen LogP contribution >= 0.6 is 0 Å². The highest BCUT2D eigenvalue weighted by atomic mass is 16.6. The number of nitro groups is 1. The molecule has 0 aliphatic heterocycles. The molecule has 0 saturated carbocycles. The largest absolute Gasteiger partial charge is 0.489 e. The molecule has 0 heterocycles. The van der Waals surface area contributed by atoms with E-state index < -0.39 is 10.9 Å². The van der Waals surface area contributed by atoms with Crippen molar-refractivity contribution in [3.05, 3.63) is 69.8 Å². The Hall–Kier alpha value is -2.89. The van der Waals surface area contributed by atoms with E-state index in [1.807, 2.05) is 30.3 Å².